The zero-order valence-corrected chi connectivity index (χ0v) is 25.2. The van der Waals surface area contributed by atoms with Crippen molar-refractivity contribution in [2.75, 3.05) is 46.4 Å². The van der Waals surface area contributed by atoms with E-state index >= 15 is 0 Å². The maximum absolute atomic E-state index is 13.3. The van der Waals surface area contributed by atoms with Crippen LogP contribution in [0.5, 0.6) is 5.75 Å². The highest BCUT2D eigenvalue weighted by molar-refractivity contribution is 5.95. The van der Waals surface area contributed by atoms with E-state index in [0.29, 0.717) is 31.7 Å². The molecule has 1 unspecified atom stereocenters. The molecule has 7 rings (SSSR count). The molecule has 0 radical (unpaired) electrons. The Morgan fingerprint density at radius 3 is 2.48 bits per heavy atom. The average Bonchev–Trinajstić information content (AvgIpc) is 3.44. The molecule has 1 aliphatic carbocycles. The predicted octanol–water partition coefficient (Wildman–Crippen LogP) is 6.06. The smallest absolute Gasteiger partial charge is 0.401 e. The Labute approximate surface area is 255 Å². The first kappa shape index (κ1) is 29.2. The number of hydrogen-bond acceptors (Lipinski definition) is 5. The van der Waals surface area contributed by atoms with E-state index in [1.165, 1.54) is 4.90 Å². The van der Waals surface area contributed by atoms with E-state index < -0.39 is 12.7 Å². The maximum Gasteiger partial charge on any atom is 0.401 e. The van der Waals surface area contributed by atoms with Crippen LogP contribution >= 0.6 is 0 Å². The van der Waals surface area contributed by atoms with Gasteiger partial charge in [0.15, 0.2) is 0 Å². The van der Waals surface area contributed by atoms with Gasteiger partial charge in [-0.25, -0.2) is 0 Å². The van der Waals surface area contributed by atoms with Crippen molar-refractivity contribution in [1.82, 2.24) is 19.7 Å². The van der Waals surface area contributed by atoms with Crippen LogP contribution in [0.15, 0.2) is 42.6 Å². The number of aromatic amines is 1. The lowest BCUT2D eigenvalue weighted by Crippen LogP contribution is -2.73. The second-order valence-corrected chi connectivity index (χ2v) is 13.9. The zero-order chi connectivity index (χ0) is 30.9. The summed E-state index contributed by atoms with van der Waals surface area (Å²) < 4.78 is 43.9. The maximum atomic E-state index is 13.3. The van der Waals surface area contributed by atoms with Crippen LogP contribution in [0, 0.1) is 35.0 Å². The quantitative estimate of drug-likeness (QED) is 0.370. The summed E-state index contributed by atoms with van der Waals surface area (Å²) in [4.78, 5) is 22.3. The first-order valence-corrected chi connectivity index (χ1v) is 15.4. The van der Waals surface area contributed by atoms with Crippen LogP contribution in [0.2, 0.25) is 0 Å². The van der Waals surface area contributed by atoms with Crippen LogP contribution in [0.25, 0.3) is 10.9 Å². The third-order valence-corrected chi connectivity index (χ3v) is 10.6. The summed E-state index contributed by atoms with van der Waals surface area (Å²) in [7, 11) is 1.72. The molecule has 2 spiro atoms. The number of alkyl halides is 3. The lowest BCUT2D eigenvalue weighted by Gasteiger charge is -2.60. The summed E-state index contributed by atoms with van der Waals surface area (Å²) >= 11 is 0. The van der Waals surface area contributed by atoms with Crippen LogP contribution < -0.4 is 4.74 Å². The number of fused-ring (bicyclic) bond motifs is 1. The third-order valence-electron chi connectivity index (χ3n) is 10.6. The Morgan fingerprint density at radius 1 is 1.09 bits per heavy atom. The fourth-order valence-corrected chi connectivity index (χ4v) is 8.53. The van der Waals surface area contributed by atoms with Crippen LogP contribution in [-0.2, 0) is 6.54 Å². The number of nitrogens with zero attached hydrogens (tertiary/aromatic N) is 4. The van der Waals surface area contributed by atoms with E-state index in [1.54, 1.807) is 12.0 Å². The van der Waals surface area contributed by atoms with E-state index in [1.807, 2.05) is 18.3 Å². The van der Waals surface area contributed by atoms with Gasteiger partial charge in [-0.05, 0) is 80.0 Å². The van der Waals surface area contributed by atoms with Crippen LogP contribution in [0.3, 0.4) is 0 Å². The van der Waals surface area contributed by atoms with Crippen molar-refractivity contribution in [3.05, 3.63) is 64.8 Å². The molecule has 3 aliphatic heterocycles. The lowest BCUT2D eigenvalue weighted by molar-refractivity contribution is -0.185. The molecule has 1 N–H and O–H groups in total. The highest BCUT2D eigenvalue weighted by atomic mass is 19.4. The summed E-state index contributed by atoms with van der Waals surface area (Å²) in [5.41, 5.74) is 5.15. The fourth-order valence-electron chi connectivity index (χ4n) is 8.53. The van der Waals surface area contributed by atoms with Crippen molar-refractivity contribution in [3.8, 4) is 11.8 Å². The molecule has 4 heterocycles. The van der Waals surface area contributed by atoms with E-state index in [9.17, 15) is 23.2 Å². The molecule has 4 aliphatic rings. The Morgan fingerprint density at radius 2 is 1.82 bits per heavy atom. The van der Waals surface area contributed by atoms with E-state index in [0.717, 1.165) is 72.1 Å². The van der Waals surface area contributed by atoms with E-state index in [4.69, 9.17) is 4.74 Å². The number of nitriles is 1. The molecule has 1 aromatic heterocycles. The van der Waals surface area contributed by atoms with Crippen LogP contribution in [-0.4, -0.2) is 78.1 Å². The van der Waals surface area contributed by atoms with Crippen molar-refractivity contribution in [2.45, 2.75) is 51.4 Å². The number of methoxy groups -OCH3 is 1. The molecular formula is C34H38F3N5O2. The number of likely N-dealkylation sites (tertiary alicyclic amines) is 3. The van der Waals surface area contributed by atoms with Crippen molar-refractivity contribution in [2.24, 2.45) is 16.7 Å². The number of aryl methyl sites for hydroxylation is 1. The average molecular weight is 606 g/mol. The molecule has 2 aromatic carbocycles. The van der Waals surface area contributed by atoms with Gasteiger partial charge >= 0.3 is 6.18 Å². The second-order valence-electron chi connectivity index (χ2n) is 13.9. The van der Waals surface area contributed by atoms with Gasteiger partial charge in [0.05, 0.1) is 19.7 Å². The number of hydrogen-bond donors (Lipinski definition) is 1. The van der Waals surface area contributed by atoms with E-state index in [-0.39, 0.29) is 28.7 Å². The first-order chi connectivity index (χ1) is 21.0. The van der Waals surface area contributed by atoms with Gasteiger partial charge in [-0.3, -0.25) is 14.6 Å². The number of halogens is 3. The van der Waals surface area contributed by atoms with Crippen LogP contribution in [0.1, 0.15) is 58.8 Å². The van der Waals surface area contributed by atoms with Gasteiger partial charge in [-0.2, -0.15) is 18.4 Å². The zero-order valence-electron chi connectivity index (χ0n) is 25.2. The minimum atomic E-state index is -4.19. The Balaban J connectivity index is 1.08. The predicted molar refractivity (Wildman–Crippen MR) is 160 cm³/mol. The monoisotopic (exact) mass is 605 g/mol. The molecule has 10 heteroatoms. The Bertz CT molecular complexity index is 1600. The topological polar surface area (TPSA) is 75.6 Å². The number of H-pyrrole nitrogens is 1. The first-order valence-electron chi connectivity index (χ1n) is 15.4. The van der Waals surface area contributed by atoms with Crippen molar-refractivity contribution < 1.29 is 22.7 Å². The highest BCUT2D eigenvalue weighted by Gasteiger charge is 2.55. The summed E-state index contributed by atoms with van der Waals surface area (Å²) in [5.74, 6) is 0.946. The molecule has 4 fully saturated rings. The summed E-state index contributed by atoms with van der Waals surface area (Å²) in [6.07, 6.45) is 1.69. The second kappa shape index (κ2) is 10.5. The van der Waals surface area contributed by atoms with Gasteiger partial charge in [-0.1, -0.05) is 12.1 Å². The van der Waals surface area contributed by atoms with Gasteiger partial charge in [0.25, 0.3) is 5.91 Å². The molecule has 0 bridgehead atoms. The van der Waals surface area contributed by atoms with Crippen molar-refractivity contribution in [3.63, 3.8) is 0 Å². The number of ether oxygens (including phenoxy) is 1. The molecule has 232 valence electrons. The van der Waals surface area contributed by atoms with Gasteiger partial charge in [0.2, 0.25) is 0 Å². The largest absolute Gasteiger partial charge is 0.496 e. The molecule has 1 saturated carbocycles. The molecule has 3 saturated heterocycles. The van der Waals surface area contributed by atoms with Gasteiger partial charge in [0, 0.05) is 78.3 Å². The molecule has 1 atom stereocenters. The summed E-state index contributed by atoms with van der Waals surface area (Å²) in [6.45, 7) is 4.63. The molecule has 3 aromatic rings. The number of benzene rings is 2. The van der Waals surface area contributed by atoms with Gasteiger partial charge < -0.3 is 14.6 Å². The SMILES string of the molecule is COc1cc(C)c2[nH]ccc2c1CN1CCC2(CC(C#N)C2)CC1c1ccc(C(=O)N2CC3(CN(CC(F)(F)F)C3)C2)cc1. The van der Waals surface area contributed by atoms with Crippen molar-refractivity contribution in [1.29, 1.82) is 5.26 Å². The number of amides is 1. The standard InChI is InChI=1S/C34H38F3N5O2/c1-22-11-29(44-2)27(26-7-9-39-30(22)26)16-41-10-8-32(12-23(13-32)15-38)14-28(41)24-3-5-25(6-4-24)31(43)42-19-33(20-42)17-40(18-33)21-34(35,36)37/h3-7,9,11,23,28,39H,8,10,12-14,16-21H2,1-2H3. The molecule has 1 amide bonds. The number of piperidine rings is 1. The molecular weight excluding hydrogens is 567 g/mol. The molecule has 44 heavy (non-hydrogen) atoms. The number of rotatable bonds is 6. The number of nitrogens with one attached hydrogen (secondary N) is 1. The third kappa shape index (κ3) is 5.14. The van der Waals surface area contributed by atoms with Gasteiger partial charge in [0.1, 0.15) is 5.75 Å². The Kier molecular flexibility index (Phi) is 6.98. The minimum absolute atomic E-state index is 0.0662. The minimum Gasteiger partial charge on any atom is -0.496 e. The normalized spacial score (nSPS) is 26.7. The van der Waals surface area contributed by atoms with E-state index in [2.05, 4.69) is 47.1 Å². The summed E-state index contributed by atoms with van der Waals surface area (Å²) in [5, 5.41) is 10.7. The number of carbonyl (C=O) groups excluding carboxylic acids is 1. The van der Waals surface area contributed by atoms with Crippen molar-refractivity contribution >= 4 is 16.8 Å². The van der Waals surface area contributed by atoms with Gasteiger partial charge in [-0.15, -0.1) is 0 Å². The fraction of sp³-hybridized carbons (Fsp3) is 0.529. The number of aromatic nitrogens is 1. The number of carbonyl (C=O) groups is 1. The lowest BCUT2D eigenvalue weighted by atomic mass is 9.56. The summed E-state index contributed by atoms with van der Waals surface area (Å²) in [6, 6.07) is 14.7. The molecule has 7 nitrogen and oxygen atoms in total. The highest BCUT2D eigenvalue weighted by Crippen LogP contribution is 2.57. The van der Waals surface area contributed by atoms with Crippen LogP contribution in [0.4, 0.5) is 13.2 Å². The Hall–Kier alpha value is -3.55.